The second-order valence-corrected chi connectivity index (χ2v) is 7.32. The van der Waals surface area contributed by atoms with Crippen LogP contribution in [0.4, 0.5) is 0 Å². The molecule has 2 aromatic rings. The molecule has 1 aliphatic rings. The Morgan fingerprint density at radius 1 is 1.09 bits per heavy atom. The van der Waals surface area contributed by atoms with Gasteiger partial charge in [0.2, 0.25) is 0 Å². The van der Waals surface area contributed by atoms with Crippen molar-refractivity contribution in [3.8, 4) is 5.75 Å². The van der Waals surface area contributed by atoms with Crippen molar-refractivity contribution in [2.75, 3.05) is 20.1 Å². The van der Waals surface area contributed by atoms with Crippen LogP contribution in [-0.2, 0) is 6.42 Å². The van der Waals surface area contributed by atoms with Gasteiger partial charge in [0.25, 0.3) is 0 Å². The van der Waals surface area contributed by atoms with Gasteiger partial charge in [-0.1, -0.05) is 41.4 Å². The number of likely N-dealkylation sites (N-methyl/N-ethyl adjacent to an activating group) is 1. The summed E-state index contributed by atoms with van der Waals surface area (Å²) in [5.74, 6) is 1.24. The predicted molar refractivity (Wildman–Crippen MR) is 96.6 cm³/mol. The fourth-order valence-electron chi connectivity index (χ4n) is 3.49. The number of piperidine rings is 1. The number of phenolic OH excluding ortho intramolecular Hbond substituents is 1. The van der Waals surface area contributed by atoms with Crippen molar-refractivity contribution in [3.05, 3.63) is 63.6 Å². The lowest BCUT2D eigenvalue weighted by Gasteiger charge is -2.37. The van der Waals surface area contributed by atoms with Gasteiger partial charge >= 0.3 is 0 Å². The van der Waals surface area contributed by atoms with E-state index in [1.54, 1.807) is 6.07 Å². The van der Waals surface area contributed by atoms with Crippen molar-refractivity contribution < 1.29 is 5.11 Å². The third-order valence-electron chi connectivity index (χ3n) is 4.79. The Kier molecular flexibility index (Phi) is 5.15. The van der Waals surface area contributed by atoms with Gasteiger partial charge in [-0.05, 0) is 73.7 Å². The van der Waals surface area contributed by atoms with E-state index in [0.717, 1.165) is 36.5 Å². The summed E-state index contributed by atoms with van der Waals surface area (Å²) in [6.45, 7) is 2.11. The molecule has 122 valence electrons. The molecule has 0 aliphatic carbocycles. The van der Waals surface area contributed by atoms with E-state index in [4.69, 9.17) is 23.2 Å². The van der Waals surface area contributed by atoms with Crippen molar-refractivity contribution in [2.45, 2.75) is 18.8 Å². The largest absolute Gasteiger partial charge is 0.508 e. The number of nitrogens with zero attached hydrogens (tertiary/aromatic N) is 1. The smallest absolute Gasteiger partial charge is 0.120 e. The van der Waals surface area contributed by atoms with E-state index in [1.807, 2.05) is 24.3 Å². The molecule has 0 aromatic heterocycles. The van der Waals surface area contributed by atoms with Gasteiger partial charge in [-0.15, -0.1) is 0 Å². The molecule has 2 unspecified atom stereocenters. The molecule has 2 aromatic carbocycles. The Bertz CT molecular complexity index is 672. The summed E-state index contributed by atoms with van der Waals surface area (Å²) in [6.07, 6.45) is 1.98. The van der Waals surface area contributed by atoms with Crippen molar-refractivity contribution >= 4 is 23.2 Å². The zero-order valence-electron chi connectivity index (χ0n) is 13.2. The van der Waals surface area contributed by atoms with Crippen molar-refractivity contribution in [3.63, 3.8) is 0 Å². The minimum atomic E-state index is 0.297. The summed E-state index contributed by atoms with van der Waals surface area (Å²) >= 11 is 12.0. The van der Waals surface area contributed by atoms with Gasteiger partial charge in [-0.3, -0.25) is 0 Å². The topological polar surface area (TPSA) is 23.5 Å². The number of likely N-dealkylation sites (tertiary alicyclic amines) is 1. The van der Waals surface area contributed by atoms with Crippen LogP contribution in [0.1, 0.15) is 23.5 Å². The lowest BCUT2D eigenvalue weighted by molar-refractivity contribution is 0.187. The first-order chi connectivity index (χ1) is 11.0. The Morgan fingerprint density at radius 2 is 1.78 bits per heavy atom. The van der Waals surface area contributed by atoms with Crippen LogP contribution >= 0.6 is 23.2 Å². The van der Waals surface area contributed by atoms with Crippen molar-refractivity contribution in [1.29, 1.82) is 0 Å². The van der Waals surface area contributed by atoms with E-state index in [0.29, 0.717) is 22.6 Å². The Morgan fingerprint density at radius 3 is 2.48 bits per heavy atom. The van der Waals surface area contributed by atoms with Gasteiger partial charge in [0.05, 0.1) is 0 Å². The molecule has 1 N–H and O–H groups in total. The van der Waals surface area contributed by atoms with Gasteiger partial charge in [-0.2, -0.15) is 0 Å². The number of phenols is 1. The summed E-state index contributed by atoms with van der Waals surface area (Å²) in [5.41, 5.74) is 2.29. The van der Waals surface area contributed by atoms with Gasteiger partial charge in [0, 0.05) is 16.6 Å². The van der Waals surface area contributed by atoms with Crippen molar-refractivity contribution in [2.24, 2.45) is 5.92 Å². The summed E-state index contributed by atoms with van der Waals surface area (Å²) < 4.78 is 0. The summed E-state index contributed by atoms with van der Waals surface area (Å²) in [7, 11) is 2.17. The van der Waals surface area contributed by atoms with Crippen LogP contribution in [0.5, 0.6) is 5.75 Å². The first-order valence-electron chi connectivity index (χ1n) is 7.94. The number of hydrogen-bond donors (Lipinski definition) is 1. The molecule has 1 heterocycles. The van der Waals surface area contributed by atoms with Crippen LogP contribution in [-0.4, -0.2) is 30.1 Å². The van der Waals surface area contributed by atoms with E-state index < -0.39 is 0 Å². The fourth-order valence-corrected chi connectivity index (χ4v) is 3.78. The maximum absolute atomic E-state index is 10.2. The zero-order chi connectivity index (χ0) is 16.4. The molecule has 0 saturated carbocycles. The Hall–Kier alpha value is -1.22. The molecule has 4 heteroatoms. The highest BCUT2D eigenvalue weighted by Gasteiger charge is 2.29. The fraction of sp³-hybridized carbons (Fsp3) is 0.368. The van der Waals surface area contributed by atoms with E-state index in [-0.39, 0.29) is 0 Å². The predicted octanol–water partition coefficient (Wildman–Crippen LogP) is 4.98. The third-order valence-corrected chi connectivity index (χ3v) is 5.27. The average Bonchev–Trinajstić information content (AvgIpc) is 2.52. The number of rotatable bonds is 3. The second kappa shape index (κ2) is 7.12. The van der Waals surface area contributed by atoms with E-state index in [2.05, 4.69) is 24.1 Å². The van der Waals surface area contributed by atoms with E-state index in [1.165, 1.54) is 5.56 Å². The minimum absolute atomic E-state index is 0.297. The number of halogens is 2. The molecule has 1 fully saturated rings. The summed E-state index contributed by atoms with van der Waals surface area (Å²) in [4.78, 5) is 2.37. The maximum atomic E-state index is 10.2. The minimum Gasteiger partial charge on any atom is -0.508 e. The highest BCUT2D eigenvalue weighted by atomic mass is 35.5. The Labute approximate surface area is 147 Å². The molecule has 2 atom stereocenters. The molecule has 2 nitrogen and oxygen atoms in total. The molecular formula is C19H21Cl2NO. The van der Waals surface area contributed by atoms with Gasteiger partial charge in [0.15, 0.2) is 0 Å². The lowest BCUT2D eigenvalue weighted by Crippen LogP contribution is -2.37. The first-order valence-corrected chi connectivity index (χ1v) is 8.70. The standard InChI is InChI=1S/C19H21Cl2NO/c1-22-9-8-14(10-15-4-7-17(21)11-19(15)23)18(12-22)13-2-5-16(20)6-3-13/h2-7,11,14,18,23H,8-10,12H2,1H3. The molecule has 1 aliphatic heterocycles. The Balaban J connectivity index is 1.84. The third kappa shape index (κ3) is 4.00. The second-order valence-electron chi connectivity index (χ2n) is 6.45. The molecule has 0 spiro atoms. The number of benzene rings is 2. The van der Waals surface area contributed by atoms with Crippen LogP contribution in [0.3, 0.4) is 0 Å². The van der Waals surface area contributed by atoms with E-state index in [9.17, 15) is 5.11 Å². The van der Waals surface area contributed by atoms with Gasteiger partial charge in [-0.25, -0.2) is 0 Å². The van der Waals surface area contributed by atoms with Crippen LogP contribution in [0.2, 0.25) is 10.0 Å². The molecule has 0 bridgehead atoms. The zero-order valence-corrected chi connectivity index (χ0v) is 14.7. The molecular weight excluding hydrogens is 329 g/mol. The molecule has 1 saturated heterocycles. The highest BCUT2D eigenvalue weighted by molar-refractivity contribution is 6.30. The lowest BCUT2D eigenvalue weighted by atomic mass is 9.77. The SMILES string of the molecule is CN1CCC(Cc2ccc(Cl)cc2O)C(c2ccc(Cl)cc2)C1. The highest BCUT2D eigenvalue weighted by Crippen LogP contribution is 2.36. The quantitative estimate of drug-likeness (QED) is 0.844. The molecule has 3 rings (SSSR count). The first kappa shape index (κ1) is 16.6. The van der Waals surface area contributed by atoms with Crippen LogP contribution < -0.4 is 0 Å². The monoisotopic (exact) mass is 349 g/mol. The van der Waals surface area contributed by atoms with Gasteiger partial charge in [0.1, 0.15) is 5.75 Å². The van der Waals surface area contributed by atoms with E-state index >= 15 is 0 Å². The van der Waals surface area contributed by atoms with Crippen LogP contribution in [0.15, 0.2) is 42.5 Å². The molecule has 0 radical (unpaired) electrons. The van der Waals surface area contributed by atoms with Crippen LogP contribution in [0.25, 0.3) is 0 Å². The summed E-state index contributed by atoms with van der Waals surface area (Å²) in [6, 6.07) is 13.6. The molecule has 23 heavy (non-hydrogen) atoms. The average molecular weight is 350 g/mol. The molecule has 0 amide bonds. The van der Waals surface area contributed by atoms with Crippen LogP contribution in [0, 0.1) is 5.92 Å². The van der Waals surface area contributed by atoms with Crippen molar-refractivity contribution in [1.82, 2.24) is 4.90 Å². The van der Waals surface area contributed by atoms with Gasteiger partial charge < -0.3 is 10.0 Å². The maximum Gasteiger partial charge on any atom is 0.120 e. The summed E-state index contributed by atoms with van der Waals surface area (Å²) in [5, 5.41) is 11.5. The normalized spacial score (nSPS) is 22.2. The number of hydrogen-bond acceptors (Lipinski definition) is 2. The number of aromatic hydroxyl groups is 1.